The van der Waals surface area contributed by atoms with Crippen LogP contribution in [-0.2, 0) is 17.5 Å². The molecule has 1 saturated heterocycles. The molecular weight excluding hydrogens is 331 g/mol. The maximum atomic E-state index is 12.6. The summed E-state index contributed by atoms with van der Waals surface area (Å²) in [6.07, 6.45) is -3.37. The number of aromatic nitrogens is 2. The van der Waals surface area contributed by atoms with E-state index in [1.807, 2.05) is 24.9 Å². The Bertz CT molecular complexity index is 725. The van der Waals surface area contributed by atoms with Crippen molar-refractivity contribution in [3.05, 3.63) is 53.0 Å². The fourth-order valence-electron chi connectivity index (χ4n) is 2.90. The van der Waals surface area contributed by atoms with Crippen LogP contribution in [0.4, 0.5) is 19.0 Å². The minimum absolute atomic E-state index is 0.278. The first-order valence-corrected chi connectivity index (χ1v) is 8.13. The molecule has 134 valence electrons. The Morgan fingerprint density at radius 2 is 1.92 bits per heavy atom. The van der Waals surface area contributed by atoms with Gasteiger partial charge in [-0.05, 0) is 31.0 Å². The first kappa shape index (κ1) is 17.7. The summed E-state index contributed by atoms with van der Waals surface area (Å²) in [6, 6.07) is 7.15. The smallest absolute Gasteiger partial charge is 0.381 e. The van der Waals surface area contributed by atoms with Crippen molar-refractivity contribution in [1.29, 1.82) is 0 Å². The van der Waals surface area contributed by atoms with Crippen LogP contribution in [0.2, 0.25) is 0 Å². The van der Waals surface area contributed by atoms with Gasteiger partial charge in [-0.2, -0.15) is 13.2 Å². The van der Waals surface area contributed by atoms with Gasteiger partial charge >= 0.3 is 6.18 Å². The zero-order chi connectivity index (χ0) is 18.0. The molecule has 1 atom stereocenters. The number of halogens is 3. The number of nitrogens with zero attached hydrogens (tertiary/aromatic N) is 3. The van der Waals surface area contributed by atoms with Gasteiger partial charge in [0.25, 0.3) is 0 Å². The number of rotatable bonds is 4. The lowest BCUT2D eigenvalue weighted by atomic mass is 10.0. The van der Waals surface area contributed by atoms with E-state index in [0.29, 0.717) is 19.0 Å². The zero-order valence-electron chi connectivity index (χ0n) is 14.2. The molecule has 4 nitrogen and oxygen atoms in total. The predicted molar refractivity (Wildman–Crippen MR) is 88.5 cm³/mol. The van der Waals surface area contributed by atoms with Gasteiger partial charge in [-0.1, -0.05) is 12.1 Å². The van der Waals surface area contributed by atoms with Gasteiger partial charge in [-0.3, -0.25) is 0 Å². The molecule has 2 heterocycles. The van der Waals surface area contributed by atoms with Crippen LogP contribution in [0.25, 0.3) is 0 Å². The molecule has 1 fully saturated rings. The van der Waals surface area contributed by atoms with Gasteiger partial charge in [0.05, 0.1) is 17.9 Å². The molecule has 3 rings (SSSR count). The van der Waals surface area contributed by atoms with E-state index in [1.165, 1.54) is 12.1 Å². The van der Waals surface area contributed by atoms with Crippen molar-refractivity contribution in [2.45, 2.75) is 32.0 Å². The van der Waals surface area contributed by atoms with Crippen LogP contribution in [0.1, 0.15) is 35.0 Å². The summed E-state index contributed by atoms with van der Waals surface area (Å²) in [6.45, 7) is 3.72. The summed E-state index contributed by atoms with van der Waals surface area (Å²) in [5.74, 6) is 1.72. The van der Waals surface area contributed by atoms with Crippen LogP contribution in [0.3, 0.4) is 0 Å². The first-order valence-electron chi connectivity index (χ1n) is 8.13. The Kier molecular flexibility index (Phi) is 4.94. The Morgan fingerprint density at radius 1 is 1.20 bits per heavy atom. The molecule has 0 bridgehead atoms. The van der Waals surface area contributed by atoms with Crippen LogP contribution in [0, 0.1) is 6.92 Å². The van der Waals surface area contributed by atoms with E-state index in [4.69, 9.17) is 4.74 Å². The van der Waals surface area contributed by atoms with Gasteiger partial charge in [-0.15, -0.1) is 0 Å². The first-order chi connectivity index (χ1) is 11.8. The lowest BCUT2D eigenvalue weighted by Crippen LogP contribution is -2.19. The van der Waals surface area contributed by atoms with Crippen molar-refractivity contribution >= 4 is 5.82 Å². The minimum Gasteiger partial charge on any atom is -0.381 e. The maximum absolute atomic E-state index is 12.6. The Morgan fingerprint density at radius 3 is 2.52 bits per heavy atom. The van der Waals surface area contributed by atoms with Crippen molar-refractivity contribution < 1.29 is 17.9 Å². The predicted octanol–water partition coefficient (Wildman–Crippen LogP) is 3.94. The summed E-state index contributed by atoms with van der Waals surface area (Å²) in [5.41, 5.74) is 1.11. The van der Waals surface area contributed by atoms with Crippen molar-refractivity contribution in [1.82, 2.24) is 9.97 Å². The Labute approximate surface area is 144 Å². The molecule has 0 N–H and O–H groups in total. The Balaban J connectivity index is 1.75. The molecule has 1 aliphatic heterocycles. The lowest BCUT2D eigenvalue weighted by molar-refractivity contribution is -0.137. The molecule has 1 aromatic carbocycles. The molecular formula is C18H20F3N3O. The molecule has 0 aliphatic carbocycles. The fourth-order valence-corrected chi connectivity index (χ4v) is 2.90. The van der Waals surface area contributed by atoms with Crippen LogP contribution < -0.4 is 4.90 Å². The fraction of sp³-hybridized carbons (Fsp3) is 0.444. The van der Waals surface area contributed by atoms with Crippen LogP contribution >= 0.6 is 0 Å². The highest BCUT2D eigenvalue weighted by molar-refractivity contribution is 5.41. The summed E-state index contributed by atoms with van der Waals surface area (Å²) < 4.78 is 43.4. The zero-order valence-corrected chi connectivity index (χ0v) is 14.2. The topological polar surface area (TPSA) is 38.2 Å². The molecule has 25 heavy (non-hydrogen) atoms. The number of alkyl halides is 3. The number of hydrogen-bond acceptors (Lipinski definition) is 4. The van der Waals surface area contributed by atoms with Crippen molar-refractivity contribution in [3.8, 4) is 0 Å². The van der Waals surface area contributed by atoms with Gasteiger partial charge in [0.1, 0.15) is 11.6 Å². The van der Waals surface area contributed by atoms with Crippen molar-refractivity contribution in [3.63, 3.8) is 0 Å². The second-order valence-corrected chi connectivity index (χ2v) is 6.31. The molecule has 0 saturated carbocycles. The lowest BCUT2D eigenvalue weighted by Gasteiger charge is -2.20. The minimum atomic E-state index is -4.31. The highest BCUT2D eigenvalue weighted by Gasteiger charge is 2.30. The molecule has 1 aromatic heterocycles. The largest absolute Gasteiger partial charge is 0.416 e. The molecule has 1 aliphatic rings. The number of aryl methyl sites for hydroxylation is 1. The number of anilines is 1. The van der Waals surface area contributed by atoms with Gasteiger partial charge < -0.3 is 9.64 Å². The summed E-state index contributed by atoms with van der Waals surface area (Å²) in [4.78, 5) is 10.9. The number of benzene rings is 1. The quantitative estimate of drug-likeness (QED) is 0.836. The van der Waals surface area contributed by atoms with E-state index in [-0.39, 0.29) is 5.92 Å². The van der Waals surface area contributed by atoms with Crippen molar-refractivity contribution in [2.24, 2.45) is 0 Å². The summed E-state index contributed by atoms with van der Waals surface area (Å²) in [5, 5.41) is 0. The van der Waals surface area contributed by atoms with E-state index in [2.05, 4.69) is 9.97 Å². The average molecular weight is 351 g/mol. The van der Waals surface area contributed by atoms with Gasteiger partial charge in [0.2, 0.25) is 0 Å². The molecule has 0 amide bonds. The third-order valence-corrected chi connectivity index (χ3v) is 4.28. The second-order valence-electron chi connectivity index (χ2n) is 6.31. The van der Waals surface area contributed by atoms with Crippen LogP contribution in [0.15, 0.2) is 30.3 Å². The standard InChI is InChI=1S/C18H20F3N3O/c1-12-22-16(14-7-8-25-11-14)9-17(23-12)24(2)10-13-3-5-15(6-4-13)18(19,20)21/h3-6,9,14H,7-8,10-11H2,1-2H3/t14-/m1/s1. The SMILES string of the molecule is Cc1nc([C@@H]2CCOC2)cc(N(C)Cc2ccc(C(F)(F)F)cc2)n1. The van der Waals surface area contributed by atoms with E-state index in [1.54, 1.807) is 0 Å². The molecule has 2 aromatic rings. The summed E-state index contributed by atoms with van der Waals surface area (Å²) in [7, 11) is 1.87. The van der Waals surface area contributed by atoms with Gasteiger partial charge in [0, 0.05) is 32.2 Å². The second kappa shape index (κ2) is 7.00. The molecule has 0 spiro atoms. The highest BCUT2D eigenvalue weighted by atomic mass is 19.4. The number of hydrogen-bond donors (Lipinski definition) is 0. The van der Waals surface area contributed by atoms with E-state index >= 15 is 0 Å². The third kappa shape index (κ3) is 4.28. The van der Waals surface area contributed by atoms with Gasteiger partial charge in [-0.25, -0.2) is 9.97 Å². The normalized spacial score (nSPS) is 17.7. The average Bonchev–Trinajstić information content (AvgIpc) is 3.08. The maximum Gasteiger partial charge on any atom is 0.416 e. The molecule has 7 heteroatoms. The molecule has 0 unspecified atom stereocenters. The summed E-state index contributed by atoms with van der Waals surface area (Å²) >= 11 is 0. The van der Waals surface area contributed by atoms with Crippen LogP contribution in [0.5, 0.6) is 0 Å². The molecule has 0 radical (unpaired) electrons. The highest BCUT2D eigenvalue weighted by Crippen LogP contribution is 2.30. The monoisotopic (exact) mass is 351 g/mol. The van der Waals surface area contributed by atoms with Gasteiger partial charge in [0.15, 0.2) is 0 Å². The van der Waals surface area contributed by atoms with E-state index in [9.17, 15) is 13.2 Å². The van der Waals surface area contributed by atoms with Crippen molar-refractivity contribution in [2.75, 3.05) is 25.2 Å². The van der Waals surface area contributed by atoms with E-state index < -0.39 is 11.7 Å². The third-order valence-electron chi connectivity index (χ3n) is 4.28. The number of ether oxygens (including phenoxy) is 1. The Hall–Kier alpha value is -2.15. The van der Waals surface area contributed by atoms with Crippen LogP contribution in [-0.4, -0.2) is 30.2 Å². The van der Waals surface area contributed by atoms with E-state index in [0.717, 1.165) is 42.2 Å².